The van der Waals surface area contributed by atoms with E-state index < -0.39 is 12.6 Å². The summed E-state index contributed by atoms with van der Waals surface area (Å²) in [5.74, 6) is -1.43. The van der Waals surface area contributed by atoms with Crippen LogP contribution < -0.4 is 10.2 Å². The molecule has 0 fully saturated rings. The third-order valence-corrected chi connectivity index (χ3v) is 3.29. The summed E-state index contributed by atoms with van der Waals surface area (Å²) in [6.45, 7) is -0.124. The molecular formula is C15H18N2O5. The summed E-state index contributed by atoms with van der Waals surface area (Å²) >= 11 is 0. The molecule has 1 aliphatic rings. The van der Waals surface area contributed by atoms with Crippen LogP contribution in [-0.2, 0) is 25.5 Å². The van der Waals surface area contributed by atoms with Gasteiger partial charge in [0.25, 0.3) is 0 Å². The number of benzene rings is 1. The lowest BCUT2D eigenvalue weighted by Crippen LogP contribution is -2.43. The Kier molecular flexibility index (Phi) is 5.48. The van der Waals surface area contributed by atoms with Crippen molar-refractivity contribution in [1.82, 2.24) is 5.32 Å². The van der Waals surface area contributed by atoms with Gasteiger partial charge in [-0.15, -0.1) is 0 Å². The Morgan fingerprint density at radius 2 is 2.05 bits per heavy atom. The standard InChI is InChI=1S/C15H18N2O5/c18-13(16-7-8-22-10-15(20)21)9-17-12-4-2-1-3-11(12)5-6-14(17)19/h1-4H,5-10H2,(H,16,18)(H,20,21). The fourth-order valence-corrected chi connectivity index (χ4v) is 2.29. The second-order valence-electron chi connectivity index (χ2n) is 4.90. The molecule has 0 bridgehead atoms. The topological polar surface area (TPSA) is 95.9 Å². The first-order valence-corrected chi connectivity index (χ1v) is 7.02. The first kappa shape index (κ1) is 16.0. The zero-order valence-electron chi connectivity index (χ0n) is 12.1. The van der Waals surface area contributed by atoms with E-state index in [-0.39, 0.29) is 31.5 Å². The van der Waals surface area contributed by atoms with Gasteiger partial charge >= 0.3 is 5.97 Å². The molecule has 0 aromatic heterocycles. The third-order valence-electron chi connectivity index (χ3n) is 3.29. The smallest absolute Gasteiger partial charge is 0.329 e. The molecule has 0 saturated heterocycles. The van der Waals surface area contributed by atoms with Crippen molar-refractivity contribution in [3.8, 4) is 0 Å². The zero-order valence-corrected chi connectivity index (χ0v) is 12.1. The Morgan fingerprint density at radius 1 is 1.27 bits per heavy atom. The van der Waals surface area contributed by atoms with Gasteiger partial charge in [0.2, 0.25) is 11.8 Å². The van der Waals surface area contributed by atoms with Crippen molar-refractivity contribution in [2.24, 2.45) is 0 Å². The Morgan fingerprint density at radius 3 is 2.82 bits per heavy atom. The Balaban J connectivity index is 1.83. The number of aryl methyl sites for hydroxylation is 1. The van der Waals surface area contributed by atoms with Crippen LogP contribution in [0, 0.1) is 0 Å². The highest BCUT2D eigenvalue weighted by Crippen LogP contribution is 2.26. The van der Waals surface area contributed by atoms with Crippen molar-refractivity contribution in [3.05, 3.63) is 29.8 Å². The summed E-state index contributed by atoms with van der Waals surface area (Å²) in [6.07, 6.45) is 1.09. The van der Waals surface area contributed by atoms with Crippen molar-refractivity contribution >= 4 is 23.5 Å². The molecule has 0 spiro atoms. The minimum absolute atomic E-state index is 0.0468. The van der Waals surface area contributed by atoms with E-state index in [1.165, 1.54) is 4.90 Å². The summed E-state index contributed by atoms with van der Waals surface area (Å²) in [5.41, 5.74) is 1.83. The van der Waals surface area contributed by atoms with E-state index in [2.05, 4.69) is 5.32 Å². The molecule has 0 unspecified atom stereocenters. The number of hydrogen-bond donors (Lipinski definition) is 2. The molecule has 2 N–H and O–H groups in total. The van der Waals surface area contributed by atoms with Gasteiger partial charge in [0.05, 0.1) is 6.61 Å². The first-order valence-electron chi connectivity index (χ1n) is 7.02. The SMILES string of the molecule is O=C(O)COCCNC(=O)CN1C(=O)CCc2ccccc21. The van der Waals surface area contributed by atoms with Gasteiger partial charge in [0.15, 0.2) is 0 Å². The molecule has 2 amide bonds. The van der Waals surface area contributed by atoms with Crippen LogP contribution in [0.2, 0.25) is 0 Å². The molecule has 0 aliphatic carbocycles. The number of ether oxygens (including phenoxy) is 1. The van der Waals surface area contributed by atoms with Crippen molar-refractivity contribution in [2.45, 2.75) is 12.8 Å². The van der Waals surface area contributed by atoms with Crippen LogP contribution in [0.1, 0.15) is 12.0 Å². The number of rotatable bonds is 7. The van der Waals surface area contributed by atoms with Crippen LogP contribution >= 0.6 is 0 Å². The number of amides is 2. The second-order valence-corrected chi connectivity index (χ2v) is 4.90. The highest BCUT2D eigenvalue weighted by atomic mass is 16.5. The minimum Gasteiger partial charge on any atom is -0.480 e. The van der Waals surface area contributed by atoms with Crippen LogP contribution in [0.5, 0.6) is 0 Å². The van der Waals surface area contributed by atoms with Gasteiger partial charge in [-0.05, 0) is 18.1 Å². The lowest BCUT2D eigenvalue weighted by atomic mass is 10.0. The van der Waals surface area contributed by atoms with Crippen LogP contribution in [0.15, 0.2) is 24.3 Å². The average Bonchev–Trinajstić information content (AvgIpc) is 2.49. The normalized spacial score (nSPS) is 13.6. The molecule has 1 aromatic carbocycles. The largest absolute Gasteiger partial charge is 0.480 e. The van der Waals surface area contributed by atoms with Crippen LogP contribution in [0.3, 0.4) is 0 Å². The summed E-state index contributed by atoms with van der Waals surface area (Å²) in [6, 6.07) is 7.52. The lowest BCUT2D eigenvalue weighted by molar-refractivity contribution is -0.142. The molecule has 1 aliphatic heterocycles. The maximum atomic E-state index is 12.0. The molecule has 7 heteroatoms. The van der Waals surface area contributed by atoms with Gasteiger partial charge in [-0.3, -0.25) is 9.59 Å². The van der Waals surface area contributed by atoms with E-state index in [1.54, 1.807) is 0 Å². The number of nitrogens with zero attached hydrogens (tertiary/aromatic N) is 1. The molecule has 0 saturated carbocycles. The number of carbonyl (C=O) groups excluding carboxylic acids is 2. The van der Waals surface area contributed by atoms with Crippen LogP contribution in [0.4, 0.5) is 5.69 Å². The maximum Gasteiger partial charge on any atom is 0.329 e. The fourth-order valence-electron chi connectivity index (χ4n) is 2.29. The Labute approximate surface area is 127 Å². The van der Waals surface area contributed by atoms with Crippen molar-refractivity contribution in [3.63, 3.8) is 0 Å². The van der Waals surface area contributed by atoms with Crippen LogP contribution in [0.25, 0.3) is 0 Å². The van der Waals surface area contributed by atoms with E-state index >= 15 is 0 Å². The van der Waals surface area contributed by atoms with E-state index in [0.29, 0.717) is 12.8 Å². The number of nitrogens with one attached hydrogen (secondary N) is 1. The number of fused-ring (bicyclic) bond motifs is 1. The molecule has 0 radical (unpaired) electrons. The maximum absolute atomic E-state index is 12.0. The first-order chi connectivity index (χ1) is 10.6. The number of anilines is 1. The summed E-state index contributed by atoms with van der Waals surface area (Å²) < 4.78 is 4.82. The Bertz CT molecular complexity index is 573. The van der Waals surface area contributed by atoms with Gasteiger partial charge in [-0.25, -0.2) is 4.79 Å². The van der Waals surface area contributed by atoms with Gasteiger partial charge < -0.3 is 20.1 Å². The molecule has 118 valence electrons. The summed E-state index contributed by atoms with van der Waals surface area (Å²) in [7, 11) is 0. The molecule has 22 heavy (non-hydrogen) atoms. The van der Waals surface area contributed by atoms with Gasteiger partial charge in [0, 0.05) is 18.7 Å². The van der Waals surface area contributed by atoms with E-state index in [1.807, 2.05) is 24.3 Å². The fraction of sp³-hybridized carbons (Fsp3) is 0.400. The molecular weight excluding hydrogens is 288 g/mol. The predicted octanol–water partition coefficient (Wildman–Crippen LogP) is 0.183. The average molecular weight is 306 g/mol. The van der Waals surface area contributed by atoms with Gasteiger partial charge in [-0.1, -0.05) is 18.2 Å². The number of para-hydroxylation sites is 1. The highest BCUT2D eigenvalue weighted by molar-refractivity contribution is 6.00. The second kappa shape index (κ2) is 7.56. The monoisotopic (exact) mass is 306 g/mol. The molecule has 2 rings (SSSR count). The number of hydrogen-bond acceptors (Lipinski definition) is 4. The minimum atomic E-state index is -1.05. The number of carbonyl (C=O) groups is 3. The quantitative estimate of drug-likeness (QED) is 0.701. The molecule has 1 heterocycles. The van der Waals surface area contributed by atoms with Crippen molar-refractivity contribution < 1.29 is 24.2 Å². The van der Waals surface area contributed by atoms with Gasteiger partial charge in [0.1, 0.15) is 13.2 Å². The predicted molar refractivity (Wildman–Crippen MR) is 78.6 cm³/mol. The Hall–Kier alpha value is -2.41. The lowest BCUT2D eigenvalue weighted by Gasteiger charge is -2.28. The molecule has 0 atom stereocenters. The van der Waals surface area contributed by atoms with Crippen molar-refractivity contribution in [1.29, 1.82) is 0 Å². The summed E-state index contributed by atoms with van der Waals surface area (Å²) in [5, 5.41) is 11.0. The number of carboxylic acids is 1. The van der Waals surface area contributed by atoms with E-state index in [4.69, 9.17) is 9.84 Å². The zero-order chi connectivity index (χ0) is 15.9. The van der Waals surface area contributed by atoms with Gasteiger partial charge in [-0.2, -0.15) is 0 Å². The number of carboxylic acid groups (broad SMARTS) is 1. The van der Waals surface area contributed by atoms with E-state index in [0.717, 1.165) is 11.3 Å². The van der Waals surface area contributed by atoms with Crippen LogP contribution in [-0.4, -0.2) is 49.2 Å². The third kappa shape index (κ3) is 4.29. The number of aliphatic carboxylic acids is 1. The molecule has 7 nitrogen and oxygen atoms in total. The van der Waals surface area contributed by atoms with E-state index in [9.17, 15) is 14.4 Å². The molecule has 1 aromatic rings. The highest BCUT2D eigenvalue weighted by Gasteiger charge is 2.25. The summed E-state index contributed by atoms with van der Waals surface area (Å²) in [4.78, 5) is 35.6. The van der Waals surface area contributed by atoms with Crippen molar-refractivity contribution in [2.75, 3.05) is 31.2 Å².